The first kappa shape index (κ1) is 8.96. The normalized spacial score (nSPS) is 10.3. The summed E-state index contributed by atoms with van der Waals surface area (Å²) in [7, 11) is 0. The van der Waals surface area contributed by atoms with E-state index in [9.17, 15) is 0 Å². The molecular formula is C8H4ClIN2O. The standard InChI is InChI=1S/C8H4ClIN2O/c9-6-2-1-5(3-7(6)10)8-12-11-4-13-8/h1-4H. The van der Waals surface area contributed by atoms with Gasteiger partial charge in [-0.2, -0.15) is 0 Å². The van der Waals surface area contributed by atoms with Gasteiger partial charge in [-0.05, 0) is 40.8 Å². The fourth-order valence-corrected chi connectivity index (χ4v) is 1.56. The topological polar surface area (TPSA) is 38.9 Å². The number of hydrogen-bond donors (Lipinski definition) is 0. The number of aromatic nitrogens is 2. The van der Waals surface area contributed by atoms with Gasteiger partial charge in [0, 0.05) is 9.13 Å². The largest absolute Gasteiger partial charge is 0.423 e. The molecule has 0 radical (unpaired) electrons. The van der Waals surface area contributed by atoms with Gasteiger partial charge in [-0.25, -0.2) is 0 Å². The molecule has 2 rings (SSSR count). The first-order valence-corrected chi connectivity index (χ1v) is 4.94. The Kier molecular flexibility index (Phi) is 2.50. The molecule has 0 aliphatic carbocycles. The lowest BCUT2D eigenvalue weighted by Gasteiger charge is -1.97. The molecule has 5 heteroatoms. The van der Waals surface area contributed by atoms with E-state index in [0.29, 0.717) is 5.89 Å². The van der Waals surface area contributed by atoms with Crippen LogP contribution in [0.1, 0.15) is 0 Å². The van der Waals surface area contributed by atoms with Crippen molar-refractivity contribution in [1.29, 1.82) is 0 Å². The molecule has 66 valence electrons. The summed E-state index contributed by atoms with van der Waals surface area (Å²) < 4.78 is 6.01. The van der Waals surface area contributed by atoms with Crippen molar-refractivity contribution in [1.82, 2.24) is 10.2 Å². The Hall–Kier alpha value is -0.620. The lowest BCUT2D eigenvalue weighted by molar-refractivity contribution is 0.568. The molecule has 1 heterocycles. The number of hydrogen-bond acceptors (Lipinski definition) is 3. The molecule has 0 fully saturated rings. The van der Waals surface area contributed by atoms with Crippen LogP contribution in [0.2, 0.25) is 5.02 Å². The molecule has 0 N–H and O–H groups in total. The Balaban J connectivity index is 2.49. The summed E-state index contributed by atoms with van der Waals surface area (Å²) in [5, 5.41) is 8.12. The Bertz CT molecular complexity index is 416. The summed E-state index contributed by atoms with van der Waals surface area (Å²) in [6, 6.07) is 5.55. The number of benzene rings is 1. The van der Waals surface area contributed by atoms with Gasteiger partial charge in [-0.15, -0.1) is 10.2 Å². The van der Waals surface area contributed by atoms with E-state index in [0.717, 1.165) is 14.2 Å². The highest BCUT2D eigenvalue weighted by molar-refractivity contribution is 14.1. The highest BCUT2D eigenvalue weighted by Crippen LogP contribution is 2.24. The molecule has 1 aromatic heterocycles. The molecule has 0 amide bonds. The molecule has 0 aliphatic rings. The van der Waals surface area contributed by atoms with Gasteiger partial charge < -0.3 is 4.42 Å². The average molecular weight is 306 g/mol. The van der Waals surface area contributed by atoms with Crippen LogP contribution in [0.25, 0.3) is 11.5 Å². The lowest BCUT2D eigenvalue weighted by Crippen LogP contribution is -1.80. The van der Waals surface area contributed by atoms with Crippen molar-refractivity contribution in [3.63, 3.8) is 0 Å². The van der Waals surface area contributed by atoms with Crippen molar-refractivity contribution in [2.24, 2.45) is 0 Å². The third-order valence-electron chi connectivity index (χ3n) is 1.53. The molecule has 1 aromatic carbocycles. The zero-order valence-corrected chi connectivity index (χ0v) is 9.28. The minimum Gasteiger partial charge on any atom is -0.423 e. The van der Waals surface area contributed by atoms with Crippen LogP contribution >= 0.6 is 34.2 Å². The molecule has 0 bridgehead atoms. The molecule has 2 aromatic rings. The average Bonchev–Trinajstić information content (AvgIpc) is 2.62. The molecular weight excluding hydrogens is 302 g/mol. The number of rotatable bonds is 1. The summed E-state index contributed by atoms with van der Waals surface area (Å²) in [5.74, 6) is 0.509. The van der Waals surface area contributed by atoms with Gasteiger partial charge >= 0.3 is 0 Å². The van der Waals surface area contributed by atoms with Crippen LogP contribution in [0.5, 0.6) is 0 Å². The zero-order valence-electron chi connectivity index (χ0n) is 6.37. The van der Waals surface area contributed by atoms with E-state index < -0.39 is 0 Å². The summed E-state index contributed by atoms with van der Waals surface area (Å²) in [6.07, 6.45) is 1.30. The van der Waals surface area contributed by atoms with Crippen LogP contribution in [-0.2, 0) is 0 Å². The SMILES string of the molecule is Clc1ccc(-c2nnco2)cc1I. The van der Waals surface area contributed by atoms with E-state index in [1.165, 1.54) is 6.39 Å². The molecule has 3 nitrogen and oxygen atoms in total. The molecule has 0 spiro atoms. The number of nitrogens with zero attached hydrogens (tertiary/aromatic N) is 2. The van der Waals surface area contributed by atoms with E-state index in [-0.39, 0.29) is 0 Å². The number of halogens is 2. The lowest BCUT2D eigenvalue weighted by atomic mass is 10.2. The maximum absolute atomic E-state index is 5.87. The Morgan fingerprint density at radius 2 is 2.23 bits per heavy atom. The van der Waals surface area contributed by atoms with Crippen molar-refractivity contribution < 1.29 is 4.42 Å². The van der Waals surface area contributed by atoms with Crippen LogP contribution in [0.15, 0.2) is 29.0 Å². The van der Waals surface area contributed by atoms with Crippen molar-refractivity contribution in [2.75, 3.05) is 0 Å². The first-order valence-electron chi connectivity index (χ1n) is 3.49. The maximum Gasteiger partial charge on any atom is 0.247 e. The predicted octanol–water partition coefficient (Wildman–Crippen LogP) is 2.99. The quantitative estimate of drug-likeness (QED) is 0.760. The molecule has 0 unspecified atom stereocenters. The Morgan fingerprint density at radius 3 is 2.85 bits per heavy atom. The highest BCUT2D eigenvalue weighted by atomic mass is 127. The maximum atomic E-state index is 5.87. The van der Waals surface area contributed by atoms with Crippen molar-refractivity contribution in [2.45, 2.75) is 0 Å². The molecule has 13 heavy (non-hydrogen) atoms. The van der Waals surface area contributed by atoms with Crippen molar-refractivity contribution >= 4 is 34.2 Å². The minimum absolute atomic E-state index is 0.509. The van der Waals surface area contributed by atoms with E-state index in [1.807, 2.05) is 18.2 Å². The van der Waals surface area contributed by atoms with E-state index >= 15 is 0 Å². The zero-order chi connectivity index (χ0) is 9.26. The van der Waals surface area contributed by atoms with Crippen LogP contribution in [-0.4, -0.2) is 10.2 Å². The molecule has 0 saturated heterocycles. The summed E-state index contributed by atoms with van der Waals surface area (Å²) in [5.41, 5.74) is 0.881. The van der Waals surface area contributed by atoms with E-state index in [4.69, 9.17) is 16.0 Å². The van der Waals surface area contributed by atoms with Gasteiger partial charge in [-0.1, -0.05) is 11.6 Å². The van der Waals surface area contributed by atoms with E-state index in [1.54, 1.807) is 0 Å². The molecule has 0 saturated carbocycles. The third kappa shape index (κ3) is 1.83. The second kappa shape index (κ2) is 3.63. The van der Waals surface area contributed by atoms with Gasteiger partial charge in [0.05, 0.1) is 5.02 Å². The van der Waals surface area contributed by atoms with Gasteiger partial charge in [-0.3, -0.25) is 0 Å². The van der Waals surface area contributed by atoms with Crippen molar-refractivity contribution in [3.8, 4) is 11.5 Å². The highest BCUT2D eigenvalue weighted by Gasteiger charge is 2.05. The second-order valence-corrected chi connectivity index (χ2v) is 3.94. The monoisotopic (exact) mass is 306 g/mol. The van der Waals surface area contributed by atoms with Crippen LogP contribution < -0.4 is 0 Å². The summed E-state index contributed by atoms with van der Waals surface area (Å²) in [4.78, 5) is 0. The van der Waals surface area contributed by atoms with Gasteiger partial charge in [0.25, 0.3) is 0 Å². The van der Waals surface area contributed by atoms with Gasteiger partial charge in [0.1, 0.15) is 0 Å². The summed E-state index contributed by atoms with van der Waals surface area (Å²) in [6.45, 7) is 0. The Labute approximate surface area is 93.3 Å². The van der Waals surface area contributed by atoms with Gasteiger partial charge in [0.2, 0.25) is 12.3 Å². The second-order valence-electron chi connectivity index (χ2n) is 2.37. The Morgan fingerprint density at radius 1 is 1.38 bits per heavy atom. The molecule has 0 atom stereocenters. The van der Waals surface area contributed by atoms with Crippen LogP contribution in [0.3, 0.4) is 0 Å². The fourth-order valence-electron chi connectivity index (χ4n) is 0.928. The fraction of sp³-hybridized carbons (Fsp3) is 0. The summed E-state index contributed by atoms with van der Waals surface area (Å²) >= 11 is 8.02. The van der Waals surface area contributed by atoms with E-state index in [2.05, 4.69) is 32.8 Å². The van der Waals surface area contributed by atoms with Crippen LogP contribution in [0, 0.1) is 3.57 Å². The molecule has 0 aliphatic heterocycles. The van der Waals surface area contributed by atoms with Crippen molar-refractivity contribution in [3.05, 3.63) is 33.2 Å². The predicted molar refractivity (Wildman–Crippen MR) is 57.5 cm³/mol. The third-order valence-corrected chi connectivity index (χ3v) is 3.07. The smallest absolute Gasteiger partial charge is 0.247 e. The first-order chi connectivity index (χ1) is 6.27. The van der Waals surface area contributed by atoms with Crippen LogP contribution in [0.4, 0.5) is 0 Å². The van der Waals surface area contributed by atoms with Gasteiger partial charge in [0.15, 0.2) is 0 Å². The minimum atomic E-state index is 0.509.